The predicted octanol–water partition coefficient (Wildman–Crippen LogP) is 13.3. The summed E-state index contributed by atoms with van der Waals surface area (Å²) in [6, 6.07) is 68.6. The highest BCUT2D eigenvalue weighted by atomic mass is 16.3. The predicted molar refractivity (Wildman–Crippen MR) is 206 cm³/mol. The SMILES string of the molecule is c1ccc(-c2c(N(c3ccc4c(c3)oc3ccccc34)c3ccccc3N(c3ccccc3)c3ccccc3)ccc3ccccc23)cc1. The van der Waals surface area contributed by atoms with Crippen molar-refractivity contribution in [2.24, 2.45) is 0 Å². The van der Waals surface area contributed by atoms with Gasteiger partial charge in [-0.05, 0) is 77.0 Å². The van der Waals surface area contributed by atoms with E-state index in [2.05, 4.69) is 192 Å². The lowest BCUT2D eigenvalue weighted by molar-refractivity contribution is 0.669. The van der Waals surface area contributed by atoms with E-state index < -0.39 is 0 Å². The molecule has 0 N–H and O–H groups in total. The van der Waals surface area contributed by atoms with E-state index in [-0.39, 0.29) is 0 Å². The minimum atomic E-state index is 0.853. The Kier molecular flexibility index (Phi) is 7.14. The summed E-state index contributed by atoms with van der Waals surface area (Å²) in [4.78, 5) is 4.74. The van der Waals surface area contributed by atoms with Crippen molar-refractivity contribution >= 4 is 66.8 Å². The second-order valence-corrected chi connectivity index (χ2v) is 12.2. The van der Waals surface area contributed by atoms with Crippen molar-refractivity contribution in [2.45, 2.75) is 0 Å². The molecule has 1 heterocycles. The zero-order valence-electron chi connectivity index (χ0n) is 26.8. The van der Waals surface area contributed by atoms with Gasteiger partial charge in [0.25, 0.3) is 0 Å². The fraction of sp³-hybridized carbons (Fsp3) is 0. The fourth-order valence-electron chi connectivity index (χ4n) is 7.04. The van der Waals surface area contributed by atoms with Crippen LogP contribution in [0.4, 0.5) is 34.1 Å². The van der Waals surface area contributed by atoms with Crippen molar-refractivity contribution in [1.29, 1.82) is 0 Å². The molecule has 0 bridgehead atoms. The summed E-state index contributed by atoms with van der Waals surface area (Å²) in [5.41, 5.74) is 10.4. The van der Waals surface area contributed by atoms with Crippen LogP contribution >= 0.6 is 0 Å². The monoisotopic (exact) mass is 628 g/mol. The average Bonchev–Trinajstić information content (AvgIpc) is 3.55. The van der Waals surface area contributed by atoms with E-state index >= 15 is 0 Å². The normalized spacial score (nSPS) is 11.3. The molecule has 0 saturated carbocycles. The van der Waals surface area contributed by atoms with Crippen LogP contribution in [0.1, 0.15) is 0 Å². The van der Waals surface area contributed by atoms with Crippen LogP contribution in [0, 0.1) is 0 Å². The molecule has 0 radical (unpaired) electrons. The minimum absolute atomic E-state index is 0.853. The van der Waals surface area contributed by atoms with E-state index in [1.165, 1.54) is 16.3 Å². The molecule has 1 aromatic heterocycles. The molecule has 0 unspecified atom stereocenters. The van der Waals surface area contributed by atoms with Crippen LogP contribution in [0.2, 0.25) is 0 Å². The van der Waals surface area contributed by atoms with Gasteiger partial charge >= 0.3 is 0 Å². The van der Waals surface area contributed by atoms with Crippen molar-refractivity contribution in [1.82, 2.24) is 0 Å². The summed E-state index contributed by atoms with van der Waals surface area (Å²) in [6.45, 7) is 0. The van der Waals surface area contributed by atoms with Gasteiger partial charge in [0.05, 0.1) is 17.1 Å². The Morgan fingerprint density at radius 3 is 1.59 bits per heavy atom. The molecule has 0 saturated heterocycles. The summed E-state index contributed by atoms with van der Waals surface area (Å²) in [6.07, 6.45) is 0. The van der Waals surface area contributed by atoms with E-state index in [4.69, 9.17) is 4.42 Å². The van der Waals surface area contributed by atoms with Gasteiger partial charge in [-0.1, -0.05) is 127 Å². The summed E-state index contributed by atoms with van der Waals surface area (Å²) >= 11 is 0. The van der Waals surface area contributed by atoms with Crippen molar-refractivity contribution in [3.63, 3.8) is 0 Å². The van der Waals surface area contributed by atoms with Crippen LogP contribution in [0.5, 0.6) is 0 Å². The lowest BCUT2D eigenvalue weighted by Crippen LogP contribution is -2.17. The van der Waals surface area contributed by atoms with Gasteiger partial charge in [-0.15, -0.1) is 0 Å². The maximum Gasteiger partial charge on any atom is 0.137 e. The molecule has 0 amide bonds. The molecule has 0 aliphatic heterocycles. The van der Waals surface area contributed by atoms with E-state index in [0.29, 0.717) is 0 Å². The van der Waals surface area contributed by atoms with Crippen molar-refractivity contribution in [2.75, 3.05) is 9.80 Å². The van der Waals surface area contributed by atoms with Crippen LogP contribution in [0.3, 0.4) is 0 Å². The molecule has 0 fully saturated rings. The molecule has 0 spiro atoms. The first-order chi connectivity index (χ1) is 24.3. The Balaban J connectivity index is 1.36. The third-order valence-corrected chi connectivity index (χ3v) is 9.22. The molecular formula is C46H32N2O. The molecular weight excluding hydrogens is 597 g/mol. The second-order valence-electron chi connectivity index (χ2n) is 12.2. The van der Waals surface area contributed by atoms with Crippen LogP contribution in [-0.4, -0.2) is 0 Å². The Morgan fingerprint density at radius 1 is 0.327 bits per heavy atom. The number of hydrogen-bond acceptors (Lipinski definition) is 3. The van der Waals surface area contributed by atoms with Gasteiger partial charge < -0.3 is 14.2 Å². The van der Waals surface area contributed by atoms with Gasteiger partial charge in [-0.3, -0.25) is 0 Å². The Morgan fingerprint density at radius 2 is 0.878 bits per heavy atom. The highest BCUT2D eigenvalue weighted by molar-refractivity contribution is 6.09. The van der Waals surface area contributed by atoms with Crippen LogP contribution in [0.15, 0.2) is 199 Å². The highest BCUT2D eigenvalue weighted by Crippen LogP contribution is 2.50. The number of hydrogen-bond donors (Lipinski definition) is 0. The summed E-state index contributed by atoms with van der Waals surface area (Å²) < 4.78 is 6.48. The van der Waals surface area contributed by atoms with E-state index in [1.807, 2.05) is 12.1 Å². The highest BCUT2D eigenvalue weighted by Gasteiger charge is 2.25. The first-order valence-electron chi connectivity index (χ1n) is 16.6. The Bertz CT molecular complexity index is 2520. The van der Waals surface area contributed by atoms with Gasteiger partial charge in [0.1, 0.15) is 11.2 Å². The van der Waals surface area contributed by atoms with E-state index in [9.17, 15) is 0 Å². The molecule has 49 heavy (non-hydrogen) atoms. The molecule has 0 atom stereocenters. The van der Waals surface area contributed by atoms with Gasteiger partial charge in [0.2, 0.25) is 0 Å². The van der Waals surface area contributed by atoms with Gasteiger partial charge in [0, 0.05) is 39.5 Å². The third kappa shape index (κ3) is 5.09. The smallest absolute Gasteiger partial charge is 0.137 e. The van der Waals surface area contributed by atoms with Crippen LogP contribution < -0.4 is 9.80 Å². The lowest BCUT2D eigenvalue weighted by atomic mass is 9.95. The van der Waals surface area contributed by atoms with Crippen molar-refractivity contribution in [3.8, 4) is 11.1 Å². The first-order valence-corrected chi connectivity index (χ1v) is 16.6. The molecule has 0 aliphatic carbocycles. The van der Waals surface area contributed by atoms with Crippen molar-refractivity contribution < 1.29 is 4.42 Å². The number of nitrogens with zero attached hydrogens (tertiary/aromatic N) is 2. The number of anilines is 6. The number of furan rings is 1. The molecule has 3 heteroatoms. The van der Waals surface area contributed by atoms with E-state index in [1.54, 1.807) is 0 Å². The fourth-order valence-corrected chi connectivity index (χ4v) is 7.04. The standard InChI is InChI=1S/C46H32N2O/c1-4-17-34(18-5-1)46-38-23-11-10-16-33(38)28-31-43(46)48(37-29-30-40-39-24-12-15-27-44(39)49-45(40)32-37)42-26-14-13-25-41(42)47(35-19-6-2-7-20-35)36-21-8-3-9-22-36/h1-32H. The summed E-state index contributed by atoms with van der Waals surface area (Å²) in [5.74, 6) is 0. The zero-order chi connectivity index (χ0) is 32.6. The Hall–Kier alpha value is -6.58. The summed E-state index contributed by atoms with van der Waals surface area (Å²) in [5, 5.41) is 4.61. The average molecular weight is 629 g/mol. The molecule has 0 aliphatic rings. The van der Waals surface area contributed by atoms with Crippen molar-refractivity contribution in [3.05, 3.63) is 194 Å². The number of rotatable bonds is 7. The third-order valence-electron chi connectivity index (χ3n) is 9.22. The molecule has 232 valence electrons. The first kappa shape index (κ1) is 28.6. The summed E-state index contributed by atoms with van der Waals surface area (Å²) in [7, 11) is 0. The maximum absolute atomic E-state index is 6.48. The topological polar surface area (TPSA) is 19.6 Å². The second kappa shape index (κ2) is 12.2. The van der Waals surface area contributed by atoms with Crippen LogP contribution in [0.25, 0.3) is 43.8 Å². The van der Waals surface area contributed by atoms with Gasteiger partial charge in [-0.25, -0.2) is 0 Å². The number of benzene rings is 8. The number of fused-ring (bicyclic) bond motifs is 4. The van der Waals surface area contributed by atoms with Gasteiger partial charge in [-0.2, -0.15) is 0 Å². The largest absolute Gasteiger partial charge is 0.456 e. The molecule has 8 aromatic carbocycles. The minimum Gasteiger partial charge on any atom is -0.456 e. The lowest BCUT2D eigenvalue weighted by Gasteiger charge is -2.34. The Labute approximate surface area is 285 Å². The molecule has 3 nitrogen and oxygen atoms in total. The zero-order valence-corrected chi connectivity index (χ0v) is 26.8. The maximum atomic E-state index is 6.48. The van der Waals surface area contributed by atoms with Gasteiger partial charge in [0.15, 0.2) is 0 Å². The molecule has 9 rings (SSSR count). The van der Waals surface area contributed by atoms with Crippen LogP contribution in [-0.2, 0) is 0 Å². The number of para-hydroxylation sites is 5. The van der Waals surface area contributed by atoms with E-state index in [0.717, 1.165) is 61.6 Å². The quantitative estimate of drug-likeness (QED) is 0.175. The molecule has 9 aromatic rings.